The third-order valence-electron chi connectivity index (χ3n) is 6.65. The zero-order chi connectivity index (χ0) is 24.9. The molecule has 0 fully saturated rings. The van der Waals surface area contributed by atoms with Crippen LogP contribution in [0.1, 0.15) is 11.1 Å². The number of benzene rings is 4. The molecule has 0 saturated carbocycles. The zero-order valence-corrected chi connectivity index (χ0v) is 20.5. The van der Waals surface area contributed by atoms with Crippen LogP contribution in [0, 0.1) is 0 Å². The van der Waals surface area contributed by atoms with Crippen molar-refractivity contribution in [1.29, 1.82) is 0 Å². The zero-order valence-electron chi connectivity index (χ0n) is 20.5. The van der Waals surface area contributed by atoms with E-state index in [1.807, 2.05) is 18.5 Å². The molecule has 2 heteroatoms. The quantitative estimate of drug-likeness (QED) is 0.241. The minimum absolute atomic E-state index is 0.938. The van der Waals surface area contributed by atoms with Crippen molar-refractivity contribution in [3.05, 3.63) is 157 Å². The maximum atomic E-state index is 4.73. The molecule has 0 radical (unpaired) electrons. The van der Waals surface area contributed by atoms with Crippen molar-refractivity contribution in [2.45, 2.75) is 6.42 Å². The Morgan fingerprint density at radius 1 is 0.324 bits per heavy atom. The van der Waals surface area contributed by atoms with Gasteiger partial charge in [0.15, 0.2) is 0 Å². The van der Waals surface area contributed by atoms with Crippen LogP contribution in [0.2, 0.25) is 0 Å². The minimum Gasteiger partial charge on any atom is -0.256 e. The van der Waals surface area contributed by atoms with Gasteiger partial charge < -0.3 is 0 Å². The van der Waals surface area contributed by atoms with E-state index in [0.717, 1.165) is 40.1 Å². The van der Waals surface area contributed by atoms with Crippen LogP contribution in [-0.2, 0) is 6.42 Å². The Labute approximate surface area is 218 Å². The van der Waals surface area contributed by atoms with Gasteiger partial charge >= 0.3 is 0 Å². The predicted octanol–water partition coefficient (Wildman–Crippen LogP) is 8.74. The lowest BCUT2D eigenvalue weighted by Crippen LogP contribution is -1.90. The van der Waals surface area contributed by atoms with Gasteiger partial charge in [-0.15, -0.1) is 0 Å². The molecule has 4 aromatic carbocycles. The van der Waals surface area contributed by atoms with E-state index in [0.29, 0.717) is 0 Å². The molecule has 37 heavy (non-hydrogen) atoms. The number of aromatic nitrogens is 2. The molecule has 0 saturated heterocycles. The molecule has 0 amide bonds. The van der Waals surface area contributed by atoms with Crippen molar-refractivity contribution in [3.8, 4) is 44.8 Å². The topological polar surface area (TPSA) is 25.8 Å². The first-order valence-electron chi connectivity index (χ1n) is 12.5. The van der Waals surface area contributed by atoms with Crippen molar-refractivity contribution in [3.63, 3.8) is 0 Å². The summed E-state index contributed by atoms with van der Waals surface area (Å²) >= 11 is 0. The molecule has 0 aliphatic carbocycles. The molecule has 0 unspecified atom stereocenters. The van der Waals surface area contributed by atoms with Crippen molar-refractivity contribution in [1.82, 2.24) is 9.97 Å². The average molecular weight is 475 g/mol. The highest BCUT2D eigenvalue weighted by Gasteiger charge is 2.06. The van der Waals surface area contributed by atoms with E-state index in [4.69, 9.17) is 9.97 Å². The van der Waals surface area contributed by atoms with Gasteiger partial charge in [0, 0.05) is 34.6 Å². The Balaban J connectivity index is 1.14. The fourth-order valence-electron chi connectivity index (χ4n) is 4.56. The molecule has 0 atom stereocenters. The lowest BCUT2D eigenvalue weighted by Gasteiger charge is -2.07. The summed E-state index contributed by atoms with van der Waals surface area (Å²) in [6, 6.07) is 46.6. The van der Waals surface area contributed by atoms with Gasteiger partial charge in [0.1, 0.15) is 0 Å². The third kappa shape index (κ3) is 5.24. The maximum Gasteiger partial charge on any atom is 0.0702 e. The molecule has 0 spiro atoms. The maximum absolute atomic E-state index is 4.73. The van der Waals surface area contributed by atoms with Gasteiger partial charge in [-0.25, -0.2) is 0 Å². The molecule has 6 aromatic rings. The standard InChI is InChI=1S/C35H26N2/c1-3-7-26(8-4-1)23-27-11-13-30(14-12-27)34-21-19-32(24-36-34)33-20-22-35(37-25-33)31-17-15-29(16-18-31)28-9-5-2-6-10-28/h1-22,24-25H,23H2. The first-order valence-corrected chi connectivity index (χ1v) is 12.5. The minimum atomic E-state index is 0.938. The molecule has 0 N–H and O–H groups in total. The number of hydrogen-bond acceptors (Lipinski definition) is 2. The second-order valence-electron chi connectivity index (χ2n) is 9.17. The number of pyridine rings is 2. The Hall–Kier alpha value is -4.82. The van der Waals surface area contributed by atoms with Gasteiger partial charge in [-0.3, -0.25) is 9.97 Å². The Bertz CT molecular complexity index is 1570. The van der Waals surface area contributed by atoms with Gasteiger partial charge in [0.2, 0.25) is 0 Å². The fourth-order valence-corrected chi connectivity index (χ4v) is 4.56. The van der Waals surface area contributed by atoms with Crippen LogP contribution < -0.4 is 0 Å². The van der Waals surface area contributed by atoms with E-state index in [2.05, 4.69) is 127 Å². The van der Waals surface area contributed by atoms with E-state index in [-0.39, 0.29) is 0 Å². The SMILES string of the molecule is c1ccc(Cc2ccc(-c3ccc(-c4ccc(-c5ccc(-c6ccccc6)cc5)nc4)cn3)cc2)cc1. The van der Waals surface area contributed by atoms with E-state index < -0.39 is 0 Å². The Morgan fingerprint density at radius 2 is 0.730 bits per heavy atom. The molecular weight excluding hydrogens is 448 g/mol. The summed E-state index contributed by atoms with van der Waals surface area (Å²) in [6.45, 7) is 0. The molecule has 0 aliphatic rings. The Morgan fingerprint density at radius 3 is 1.24 bits per heavy atom. The van der Waals surface area contributed by atoms with E-state index in [1.54, 1.807) is 0 Å². The first-order chi connectivity index (χ1) is 18.3. The van der Waals surface area contributed by atoms with Gasteiger partial charge in [0.05, 0.1) is 11.4 Å². The summed E-state index contributed by atoms with van der Waals surface area (Å²) in [5.74, 6) is 0. The molecule has 0 bridgehead atoms. The van der Waals surface area contributed by atoms with Crippen LogP contribution in [0.5, 0.6) is 0 Å². The van der Waals surface area contributed by atoms with Crippen molar-refractivity contribution < 1.29 is 0 Å². The summed E-state index contributed by atoms with van der Waals surface area (Å²) in [6.07, 6.45) is 4.79. The largest absolute Gasteiger partial charge is 0.256 e. The predicted molar refractivity (Wildman–Crippen MR) is 153 cm³/mol. The van der Waals surface area contributed by atoms with Gasteiger partial charge in [0.25, 0.3) is 0 Å². The van der Waals surface area contributed by atoms with E-state index >= 15 is 0 Å². The summed E-state index contributed by atoms with van der Waals surface area (Å²) in [4.78, 5) is 9.45. The average Bonchev–Trinajstić information content (AvgIpc) is 2.99. The molecule has 2 aromatic heterocycles. The van der Waals surface area contributed by atoms with E-state index in [1.165, 1.54) is 22.3 Å². The molecule has 6 rings (SSSR count). The Kier molecular flexibility index (Phi) is 6.38. The van der Waals surface area contributed by atoms with Crippen molar-refractivity contribution >= 4 is 0 Å². The highest BCUT2D eigenvalue weighted by molar-refractivity contribution is 5.71. The molecular formula is C35H26N2. The van der Waals surface area contributed by atoms with Crippen LogP contribution >= 0.6 is 0 Å². The summed E-state index contributed by atoms with van der Waals surface area (Å²) in [5.41, 5.74) is 11.3. The smallest absolute Gasteiger partial charge is 0.0702 e. The first kappa shape index (κ1) is 22.6. The summed E-state index contributed by atoms with van der Waals surface area (Å²) in [5, 5.41) is 0. The third-order valence-corrected chi connectivity index (χ3v) is 6.65. The van der Waals surface area contributed by atoms with Gasteiger partial charge in [-0.2, -0.15) is 0 Å². The molecule has 2 nitrogen and oxygen atoms in total. The molecule has 0 aliphatic heterocycles. The van der Waals surface area contributed by atoms with Crippen LogP contribution in [0.3, 0.4) is 0 Å². The van der Waals surface area contributed by atoms with Crippen molar-refractivity contribution in [2.24, 2.45) is 0 Å². The summed E-state index contributed by atoms with van der Waals surface area (Å²) < 4.78 is 0. The highest BCUT2D eigenvalue weighted by atomic mass is 14.7. The molecule has 2 heterocycles. The monoisotopic (exact) mass is 474 g/mol. The lowest BCUT2D eigenvalue weighted by molar-refractivity contribution is 1.19. The fraction of sp³-hybridized carbons (Fsp3) is 0.0286. The second-order valence-corrected chi connectivity index (χ2v) is 9.17. The normalized spacial score (nSPS) is 10.8. The van der Waals surface area contributed by atoms with E-state index in [9.17, 15) is 0 Å². The van der Waals surface area contributed by atoms with Crippen LogP contribution in [0.4, 0.5) is 0 Å². The number of hydrogen-bond donors (Lipinski definition) is 0. The van der Waals surface area contributed by atoms with Crippen molar-refractivity contribution in [2.75, 3.05) is 0 Å². The highest BCUT2D eigenvalue weighted by Crippen LogP contribution is 2.27. The number of rotatable bonds is 6. The van der Waals surface area contributed by atoms with Gasteiger partial charge in [-0.05, 0) is 40.8 Å². The van der Waals surface area contributed by atoms with Gasteiger partial charge in [-0.1, -0.05) is 121 Å². The second kappa shape index (κ2) is 10.4. The van der Waals surface area contributed by atoms with Crippen LogP contribution in [0.25, 0.3) is 44.8 Å². The van der Waals surface area contributed by atoms with Crippen LogP contribution in [0.15, 0.2) is 146 Å². The number of nitrogens with zero attached hydrogens (tertiary/aromatic N) is 2. The lowest BCUT2D eigenvalue weighted by atomic mass is 10.0. The summed E-state index contributed by atoms with van der Waals surface area (Å²) in [7, 11) is 0. The van der Waals surface area contributed by atoms with Crippen LogP contribution in [-0.4, -0.2) is 9.97 Å². The molecule has 176 valence electrons.